The van der Waals surface area contributed by atoms with Crippen molar-refractivity contribution in [2.24, 2.45) is 0 Å². The second-order valence-corrected chi connectivity index (χ2v) is 13.9. The fourth-order valence-electron chi connectivity index (χ4n) is 2.99. The van der Waals surface area contributed by atoms with E-state index < -0.39 is 56.5 Å². The summed E-state index contributed by atoms with van der Waals surface area (Å²) in [6.07, 6.45) is 2.21. The Morgan fingerprint density at radius 2 is 2.03 bits per heavy atom. The Hall–Kier alpha value is -1.74. The molecule has 0 aromatic carbocycles. The molecule has 9 nitrogen and oxygen atoms in total. The molecule has 1 aliphatic heterocycles. The van der Waals surface area contributed by atoms with E-state index in [0.29, 0.717) is 0 Å². The highest BCUT2D eigenvalue weighted by Crippen LogP contribution is 2.45. The molecule has 0 aliphatic carbocycles. The minimum Gasteiger partial charge on any atom is -0.406 e. The zero-order valence-corrected chi connectivity index (χ0v) is 19.6. The topological polar surface area (TPSA) is 123 Å². The molecule has 0 spiro atoms. The lowest BCUT2D eigenvalue weighted by Gasteiger charge is -2.43. The first-order chi connectivity index (χ1) is 13.7. The number of aromatic nitrogens is 2. The molecule has 0 saturated carbocycles. The first-order valence-electron chi connectivity index (χ1n) is 9.79. The monoisotopic (exact) mass is 440 g/mol. The number of H-pyrrole nitrogens is 1. The van der Waals surface area contributed by atoms with E-state index in [0.717, 1.165) is 4.57 Å². The van der Waals surface area contributed by atoms with Crippen LogP contribution in [0.3, 0.4) is 0 Å². The van der Waals surface area contributed by atoms with Gasteiger partial charge in [0.2, 0.25) is 5.79 Å². The molecule has 3 N–H and O–H groups in total. The van der Waals surface area contributed by atoms with Gasteiger partial charge >= 0.3 is 5.69 Å². The van der Waals surface area contributed by atoms with Gasteiger partial charge in [0.15, 0.2) is 14.5 Å². The van der Waals surface area contributed by atoms with E-state index in [1.165, 1.54) is 13.1 Å². The van der Waals surface area contributed by atoms with Crippen LogP contribution in [0.25, 0.3) is 0 Å². The Morgan fingerprint density at radius 3 is 2.53 bits per heavy atom. The van der Waals surface area contributed by atoms with Crippen molar-refractivity contribution >= 4 is 8.32 Å². The minimum absolute atomic E-state index is 0.213. The molecule has 10 heteroatoms. The molecule has 1 fully saturated rings. The Labute approximate surface area is 177 Å². The summed E-state index contributed by atoms with van der Waals surface area (Å²) in [6.45, 7) is 12.5. The summed E-state index contributed by atoms with van der Waals surface area (Å²) in [6, 6.07) is 0. The lowest BCUT2D eigenvalue weighted by Crippen LogP contribution is -2.57. The summed E-state index contributed by atoms with van der Waals surface area (Å²) in [5.74, 6) is 0.610. The van der Waals surface area contributed by atoms with E-state index in [4.69, 9.17) is 20.3 Å². The van der Waals surface area contributed by atoms with E-state index in [1.807, 2.05) is 33.9 Å². The number of aryl methyl sites for hydroxylation is 1. The molecule has 1 aromatic heterocycles. The van der Waals surface area contributed by atoms with Crippen LogP contribution in [-0.2, 0) is 13.9 Å². The van der Waals surface area contributed by atoms with Crippen molar-refractivity contribution in [3.63, 3.8) is 0 Å². The third kappa shape index (κ3) is 4.46. The summed E-state index contributed by atoms with van der Waals surface area (Å²) < 4.78 is 19.2. The smallest absolute Gasteiger partial charge is 0.330 e. The fraction of sp³-hybridized carbons (Fsp3) is 0.700. The Bertz CT molecular complexity index is 927. The fourth-order valence-corrected chi connectivity index (χ4v) is 4.30. The number of hydrogen-bond acceptors (Lipinski definition) is 7. The molecule has 2 heterocycles. The van der Waals surface area contributed by atoms with Gasteiger partial charge in [-0.3, -0.25) is 14.3 Å². The van der Waals surface area contributed by atoms with Crippen LogP contribution in [0.4, 0.5) is 0 Å². The van der Waals surface area contributed by atoms with Gasteiger partial charge in [0.1, 0.15) is 24.9 Å². The molecule has 0 radical (unpaired) electrons. The molecule has 0 unspecified atom stereocenters. The number of aromatic amines is 1. The summed E-state index contributed by atoms with van der Waals surface area (Å²) in [5, 5.41) is 21.2. The zero-order valence-electron chi connectivity index (χ0n) is 18.6. The largest absolute Gasteiger partial charge is 0.406 e. The number of ether oxygens (including phenoxy) is 2. The third-order valence-corrected chi connectivity index (χ3v) is 10.3. The van der Waals surface area contributed by atoms with Gasteiger partial charge < -0.3 is 24.1 Å². The Morgan fingerprint density at radius 1 is 1.43 bits per heavy atom. The molecule has 168 valence electrons. The van der Waals surface area contributed by atoms with Gasteiger partial charge in [-0.05, 0) is 32.0 Å². The Balaban J connectivity index is 2.59. The van der Waals surface area contributed by atoms with E-state index in [1.54, 1.807) is 6.92 Å². The highest BCUT2D eigenvalue weighted by atomic mass is 28.4. The van der Waals surface area contributed by atoms with E-state index >= 15 is 0 Å². The van der Waals surface area contributed by atoms with Gasteiger partial charge in [0.05, 0.1) is 0 Å². The summed E-state index contributed by atoms with van der Waals surface area (Å²) in [4.78, 5) is 26.3. The van der Waals surface area contributed by atoms with Crippen LogP contribution in [0.5, 0.6) is 0 Å². The summed E-state index contributed by atoms with van der Waals surface area (Å²) >= 11 is 0. The average Bonchev–Trinajstić information content (AvgIpc) is 2.89. The number of rotatable bonds is 6. The zero-order chi connectivity index (χ0) is 23.1. The molecular formula is C20H32N2O7Si. The second-order valence-electron chi connectivity index (χ2n) is 9.17. The molecule has 1 aliphatic rings. The minimum atomic E-state index is -2.47. The van der Waals surface area contributed by atoms with Crippen LogP contribution in [0, 0.1) is 19.3 Å². The van der Waals surface area contributed by atoms with E-state index in [-0.39, 0.29) is 10.6 Å². The predicted molar refractivity (Wildman–Crippen MR) is 113 cm³/mol. The number of hydrogen-bond donors (Lipinski definition) is 3. The van der Waals surface area contributed by atoms with Crippen LogP contribution in [0.1, 0.15) is 39.5 Å². The molecule has 1 saturated heterocycles. The van der Waals surface area contributed by atoms with Crippen molar-refractivity contribution in [2.45, 2.75) is 83.1 Å². The van der Waals surface area contributed by atoms with Gasteiger partial charge in [0, 0.05) is 11.8 Å². The van der Waals surface area contributed by atoms with E-state index in [2.05, 4.69) is 10.9 Å². The van der Waals surface area contributed by atoms with E-state index in [9.17, 15) is 19.8 Å². The first kappa shape index (κ1) is 24.5. The molecule has 1 aromatic rings. The second kappa shape index (κ2) is 8.41. The summed E-state index contributed by atoms with van der Waals surface area (Å²) in [5.41, 5.74) is -1.05. The van der Waals surface area contributed by atoms with Gasteiger partial charge in [-0.1, -0.05) is 26.7 Å². The summed E-state index contributed by atoms with van der Waals surface area (Å²) in [7, 11) is -2.47. The number of aliphatic hydroxyl groups is 2. The molecular weight excluding hydrogens is 408 g/mol. The van der Waals surface area contributed by atoms with Crippen molar-refractivity contribution in [2.75, 3.05) is 6.61 Å². The molecule has 5 atom stereocenters. The number of nitrogens with zero attached hydrogens (tertiary/aromatic N) is 1. The normalized spacial score (nSPS) is 28.3. The van der Waals surface area contributed by atoms with Gasteiger partial charge in [-0.25, -0.2) is 4.79 Å². The van der Waals surface area contributed by atoms with Crippen molar-refractivity contribution in [1.29, 1.82) is 0 Å². The van der Waals surface area contributed by atoms with Crippen molar-refractivity contribution < 1.29 is 24.1 Å². The van der Waals surface area contributed by atoms with Crippen LogP contribution in [-0.4, -0.2) is 58.8 Å². The highest BCUT2D eigenvalue weighted by Gasteiger charge is 2.60. The predicted octanol–water partition coefficient (Wildman–Crippen LogP) is 0.852. The SMILES string of the molecule is C#C[C@H](C)O[C@]1(CO)O[C@@H](n2cc(C)c(=O)[nH]c2=O)[C@H](O)[C@@H]1O[Si](C)(C)C(C)(C)C. The number of aliphatic hydroxyl groups excluding tert-OH is 2. The van der Waals surface area contributed by atoms with Crippen molar-refractivity contribution in [3.8, 4) is 12.3 Å². The van der Waals surface area contributed by atoms with Gasteiger partial charge in [-0.15, -0.1) is 6.42 Å². The standard InChI is InChI=1S/C20H32N2O7Si/c1-9-13(3)27-20(11-23)15(29-30(7,8)19(4,5)6)14(24)17(28-20)22-10-12(2)16(25)21-18(22)26/h1,10,13-15,17,23-24H,11H2,2-8H3,(H,21,25,26)/t13-,14+,15-,17+,20+/m0/s1. The van der Waals surface area contributed by atoms with Crippen LogP contribution in [0.2, 0.25) is 18.1 Å². The molecule has 0 amide bonds. The molecule has 30 heavy (non-hydrogen) atoms. The highest BCUT2D eigenvalue weighted by molar-refractivity contribution is 6.74. The maximum atomic E-state index is 12.4. The lowest BCUT2D eigenvalue weighted by atomic mass is 10.1. The number of nitrogens with one attached hydrogen (secondary N) is 1. The maximum Gasteiger partial charge on any atom is 0.330 e. The van der Waals surface area contributed by atoms with Crippen molar-refractivity contribution in [1.82, 2.24) is 9.55 Å². The van der Waals surface area contributed by atoms with Crippen LogP contribution < -0.4 is 11.2 Å². The number of terminal acetylenes is 1. The van der Waals surface area contributed by atoms with Crippen LogP contribution in [0.15, 0.2) is 15.8 Å². The molecule has 2 rings (SSSR count). The van der Waals surface area contributed by atoms with Gasteiger partial charge in [-0.2, -0.15) is 0 Å². The van der Waals surface area contributed by atoms with Gasteiger partial charge in [0.25, 0.3) is 5.56 Å². The average molecular weight is 441 g/mol. The van der Waals surface area contributed by atoms with Crippen molar-refractivity contribution in [3.05, 3.63) is 32.6 Å². The quantitative estimate of drug-likeness (QED) is 0.443. The third-order valence-electron chi connectivity index (χ3n) is 5.84. The molecule has 0 bridgehead atoms. The van der Waals surface area contributed by atoms with Crippen LogP contribution >= 0.6 is 0 Å². The lowest BCUT2D eigenvalue weighted by molar-refractivity contribution is -0.287. The maximum absolute atomic E-state index is 12.4. The Kier molecular flexibility index (Phi) is 6.88. The first-order valence-corrected chi connectivity index (χ1v) is 12.7.